The van der Waals surface area contributed by atoms with Gasteiger partial charge in [-0.1, -0.05) is 12.1 Å². The van der Waals surface area contributed by atoms with Crippen molar-refractivity contribution < 1.29 is 9.84 Å². The van der Waals surface area contributed by atoms with Crippen molar-refractivity contribution in [3.8, 4) is 5.75 Å². The van der Waals surface area contributed by atoms with Crippen molar-refractivity contribution >= 4 is 29.9 Å². The summed E-state index contributed by atoms with van der Waals surface area (Å²) in [5.41, 5.74) is 1.24. The Morgan fingerprint density at radius 2 is 1.93 bits per heavy atom. The highest BCUT2D eigenvalue weighted by atomic mass is 127. The van der Waals surface area contributed by atoms with Crippen LogP contribution in [0.4, 0.5) is 0 Å². The van der Waals surface area contributed by atoms with E-state index in [1.54, 1.807) is 7.11 Å². The van der Waals surface area contributed by atoms with Crippen molar-refractivity contribution in [1.82, 2.24) is 25.0 Å². The van der Waals surface area contributed by atoms with Gasteiger partial charge in [-0.15, -0.1) is 34.2 Å². The molecule has 0 atom stereocenters. The lowest BCUT2D eigenvalue weighted by molar-refractivity contribution is 0.108. The van der Waals surface area contributed by atoms with Crippen LogP contribution in [-0.4, -0.2) is 63.6 Å². The minimum absolute atomic E-state index is 0. The van der Waals surface area contributed by atoms with Crippen molar-refractivity contribution in [3.63, 3.8) is 0 Å². The summed E-state index contributed by atoms with van der Waals surface area (Å²) in [6, 6.07) is 8.12. The van der Waals surface area contributed by atoms with E-state index in [0.717, 1.165) is 62.3 Å². The van der Waals surface area contributed by atoms with Gasteiger partial charge in [0.05, 0.1) is 13.2 Å². The van der Waals surface area contributed by atoms with E-state index in [-0.39, 0.29) is 30.1 Å². The molecule has 3 rings (SSSR count). The van der Waals surface area contributed by atoms with Crippen molar-refractivity contribution in [2.24, 2.45) is 12.0 Å². The summed E-state index contributed by atoms with van der Waals surface area (Å²) in [6.07, 6.45) is 2.21. The molecule has 0 amide bonds. The number of hydrogen-bond donors (Lipinski definition) is 2. The number of nitrogens with one attached hydrogen (secondary N) is 1. The van der Waals surface area contributed by atoms with Gasteiger partial charge in [-0.25, -0.2) is 4.99 Å². The molecule has 8 nitrogen and oxygen atoms in total. The number of halogens is 1. The Kier molecular flexibility index (Phi) is 9.15. The number of piperidine rings is 1. The second kappa shape index (κ2) is 11.3. The normalized spacial score (nSPS) is 15.2. The van der Waals surface area contributed by atoms with Crippen LogP contribution in [0.5, 0.6) is 5.75 Å². The third kappa shape index (κ3) is 6.56. The molecule has 9 heteroatoms. The second-order valence-corrected chi connectivity index (χ2v) is 7.11. The van der Waals surface area contributed by atoms with Gasteiger partial charge in [-0.3, -0.25) is 0 Å². The largest absolute Gasteiger partial charge is 0.497 e. The van der Waals surface area contributed by atoms with E-state index < -0.39 is 0 Å². The van der Waals surface area contributed by atoms with Gasteiger partial charge >= 0.3 is 0 Å². The van der Waals surface area contributed by atoms with Crippen LogP contribution in [0.2, 0.25) is 0 Å². The van der Waals surface area contributed by atoms with Crippen LogP contribution in [0.3, 0.4) is 0 Å². The van der Waals surface area contributed by atoms with Crippen LogP contribution in [0.15, 0.2) is 29.3 Å². The molecule has 2 N–H and O–H groups in total. The maximum absolute atomic E-state index is 9.80. The highest BCUT2D eigenvalue weighted by Crippen LogP contribution is 2.13. The third-order valence-electron chi connectivity index (χ3n) is 5.17. The van der Waals surface area contributed by atoms with Gasteiger partial charge in [-0.2, -0.15) is 0 Å². The van der Waals surface area contributed by atoms with Crippen LogP contribution in [0.1, 0.15) is 30.1 Å². The Balaban J connectivity index is 0.00000300. The molecule has 0 unspecified atom stereocenters. The number of aliphatic imine (C=N–C) groups is 1. The minimum Gasteiger partial charge on any atom is -0.497 e. The van der Waals surface area contributed by atoms with Crippen LogP contribution in [-0.2, 0) is 20.0 Å². The molecule has 0 aliphatic carbocycles. The lowest BCUT2D eigenvalue weighted by Gasteiger charge is -2.32. The van der Waals surface area contributed by atoms with E-state index in [4.69, 9.17) is 9.73 Å². The first-order chi connectivity index (χ1) is 13.6. The SMILES string of the molecule is COc1ccc(CCNC(=NCc2nnc(C)n2C)N2CCC(O)CC2)cc1.I. The lowest BCUT2D eigenvalue weighted by atomic mass is 10.1. The van der Waals surface area contributed by atoms with E-state index in [2.05, 4.69) is 32.5 Å². The first kappa shape index (κ1) is 23.4. The third-order valence-corrected chi connectivity index (χ3v) is 5.17. The summed E-state index contributed by atoms with van der Waals surface area (Å²) in [5.74, 6) is 3.44. The quantitative estimate of drug-likeness (QED) is 0.348. The fraction of sp³-hybridized carbons (Fsp3) is 0.550. The van der Waals surface area contributed by atoms with Crippen molar-refractivity contribution in [1.29, 1.82) is 0 Å². The highest BCUT2D eigenvalue weighted by molar-refractivity contribution is 14.0. The number of hydrogen-bond acceptors (Lipinski definition) is 5. The van der Waals surface area contributed by atoms with E-state index in [0.29, 0.717) is 6.54 Å². The Bertz CT molecular complexity index is 785. The molecule has 0 spiro atoms. The molecule has 1 aromatic carbocycles. The Morgan fingerprint density at radius 3 is 2.52 bits per heavy atom. The van der Waals surface area contributed by atoms with E-state index in [9.17, 15) is 5.11 Å². The maximum Gasteiger partial charge on any atom is 0.194 e. The van der Waals surface area contributed by atoms with Crippen molar-refractivity contribution in [2.75, 3.05) is 26.7 Å². The Labute approximate surface area is 189 Å². The molecule has 2 aromatic rings. The zero-order valence-corrected chi connectivity index (χ0v) is 19.7. The summed E-state index contributed by atoms with van der Waals surface area (Å²) in [5, 5.41) is 21.6. The summed E-state index contributed by atoms with van der Waals surface area (Å²) in [6.45, 7) is 4.78. The molecule has 0 saturated carbocycles. The zero-order valence-electron chi connectivity index (χ0n) is 17.3. The average Bonchev–Trinajstić information content (AvgIpc) is 3.04. The molecule has 0 radical (unpaired) electrons. The van der Waals surface area contributed by atoms with E-state index in [1.165, 1.54) is 5.56 Å². The maximum atomic E-state index is 9.80. The monoisotopic (exact) mass is 514 g/mol. The minimum atomic E-state index is -0.210. The summed E-state index contributed by atoms with van der Waals surface area (Å²) in [7, 11) is 3.63. The highest BCUT2D eigenvalue weighted by Gasteiger charge is 2.20. The molecule has 160 valence electrons. The molecule has 1 saturated heterocycles. The number of likely N-dealkylation sites (tertiary alicyclic amines) is 1. The number of rotatable bonds is 6. The van der Waals surface area contributed by atoms with Crippen LogP contribution < -0.4 is 10.1 Å². The topological polar surface area (TPSA) is 87.8 Å². The van der Waals surface area contributed by atoms with Gasteiger partial charge in [0.25, 0.3) is 0 Å². The number of guanidine groups is 1. The van der Waals surface area contributed by atoms with Gasteiger partial charge < -0.3 is 24.6 Å². The molecular weight excluding hydrogens is 483 g/mol. The molecule has 29 heavy (non-hydrogen) atoms. The van der Waals surface area contributed by atoms with Gasteiger partial charge in [0.2, 0.25) is 0 Å². The molecule has 1 fully saturated rings. The number of nitrogens with zero attached hydrogens (tertiary/aromatic N) is 5. The number of aryl methyl sites for hydroxylation is 1. The number of aliphatic hydroxyl groups excluding tert-OH is 1. The number of benzene rings is 1. The van der Waals surface area contributed by atoms with E-state index in [1.807, 2.05) is 30.7 Å². The molecule has 0 bridgehead atoms. The Hall–Kier alpha value is -1.88. The molecule has 2 heterocycles. The molecule has 1 aromatic heterocycles. The van der Waals surface area contributed by atoms with Gasteiger partial charge in [0.15, 0.2) is 11.8 Å². The van der Waals surface area contributed by atoms with Crippen molar-refractivity contribution in [2.45, 2.75) is 38.8 Å². The average molecular weight is 514 g/mol. The van der Waals surface area contributed by atoms with Gasteiger partial charge in [-0.05, 0) is 43.9 Å². The first-order valence-corrected chi connectivity index (χ1v) is 9.76. The predicted octanol–water partition coefficient (Wildman–Crippen LogP) is 1.90. The predicted molar refractivity (Wildman–Crippen MR) is 124 cm³/mol. The van der Waals surface area contributed by atoms with Gasteiger partial charge in [0, 0.05) is 26.7 Å². The van der Waals surface area contributed by atoms with Crippen LogP contribution in [0.25, 0.3) is 0 Å². The number of aliphatic hydroxyl groups is 1. The number of methoxy groups -OCH3 is 1. The first-order valence-electron chi connectivity index (χ1n) is 9.76. The smallest absolute Gasteiger partial charge is 0.194 e. The summed E-state index contributed by atoms with van der Waals surface area (Å²) >= 11 is 0. The zero-order chi connectivity index (χ0) is 19.9. The van der Waals surface area contributed by atoms with Crippen molar-refractivity contribution in [3.05, 3.63) is 41.5 Å². The van der Waals surface area contributed by atoms with Crippen LogP contribution in [0, 0.1) is 6.92 Å². The number of aromatic nitrogens is 3. The second-order valence-electron chi connectivity index (χ2n) is 7.11. The number of ether oxygens (including phenoxy) is 1. The fourth-order valence-corrected chi connectivity index (χ4v) is 3.19. The molecule has 1 aliphatic heterocycles. The standard InChI is InChI=1S/C20H30N6O2.HI/c1-15-23-24-19(25(15)2)14-22-20(26-12-9-17(27)10-13-26)21-11-8-16-4-6-18(28-3)7-5-16;/h4-7,17,27H,8-14H2,1-3H3,(H,21,22);1H. The van der Waals surface area contributed by atoms with Crippen LogP contribution >= 0.6 is 24.0 Å². The molecule has 1 aliphatic rings. The van der Waals surface area contributed by atoms with Gasteiger partial charge in [0.1, 0.15) is 18.1 Å². The molecular formula is C20H31IN6O2. The fourth-order valence-electron chi connectivity index (χ4n) is 3.19. The Morgan fingerprint density at radius 1 is 1.24 bits per heavy atom. The summed E-state index contributed by atoms with van der Waals surface area (Å²) < 4.78 is 7.17. The van der Waals surface area contributed by atoms with E-state index >= 15 is 0 Å². The summed E-state index contributed by atoms with van der Waals surface area (Å²) in [4.78, 5) is 6.99. The lowest BCUT2D eigenvalue weighted by Crippen LogP contribution is -2.47.